The van der Waals surface area contributed by atoms with E-state index in [1.165, 1.54) is 0 Å². The zero-order valence-electron chi connectivity index (χ0n) is 18.9. The Morgan fingerprint density at radius 3 is 2.66 bits per heavy atom. The van der Waals surface area contributed by atoms with Crippen molar-refractivity contribution in [2.75, 3.05) is 51.0 Å². The molecule has 32 heavy (non-hydrogen) atoms. The van der Waals surface area contributed by atoms with Crippen molar-refractivity contribution < 1.29 is 14.3 Å². The molecule has 170 valence electrons. The Bertz CT molecular complexity index is 977. The lowest BCUT2D eigenvalue weighted by Gasteiger charge is -2.29. The third-order valence-corrected chi connectivity index (χ3v) is 6.14. The van der Waals surface area contributed by atoms with Gasteiger partial charge in [-0.2, -0.15) is 0 Å². The second kappa shape index (κ2) is 9.52. The van der Waals surface area contributed by atoms with Crippen LogP contribution in [-0.2, 0) is 22.6 Å². The van der Waals surface area contributed by atoms with E-state index < -0.39 is 0 Å². The lowest BCUT2D eigenvalue weighted by atomic mass is 10.0. The number of benzene rings is 1. The molecule has 0 radical (unpaired) electrons. The molecule has 0 aliphatic carbocycles. The number of carbonyl (C=O) groups excluding carboxylic acids is 2. The van der Waals surface area contributed by atoms with Crippen molar-refractivity contribution in [1.82, 2.24) is 19.8 Å². The molecule has 2 N–H and O–H groups in total. The fourth-order valence-corrected chi connectivity index (χ4v) is 4.36. The number of fused-ring (bicyclic) bond motifs is 1. The molecule has 0 bridgehead atoms. The van der Waals surface area contributed by atoms with Gasteiger partial charge in [-0.3, -0.25) is 14.5 Å². The standard InChI is InChI=1S/C23H30N6O3/c1-15(30)29-11-9-20-19(13-29)23(24-2)27-22(26-20)16-8-10-28(12-16)14-21(31)25-17-4-6-18(32-3)7-5-17/h4-7,16H,8-14H2,1-3H3,(H,25,31)(H,24,26,27). The summed E-state index contributed by atoms with van der Waals surface area (Å²) in [7, 11) is 3.47. The van der Waals surface area contributed by atoms with Gasteiger partial charge in [0.2, 0.25) is 11.8 Å². The second-order valence-electron chi connectivity index (χ2n) is 8.29. The number of carbonyl (C=O) groups is 2. The van der Waals surface area contributed by atoms with Gasteiger partial charge in [0.25, 0.3) is 0 Å². The number of hydrogen-bond acceptors (Lipinski definition) is 7. The van der Waals surface area contributed by atoms with E-state index in [-0.39, 0.29) is 17.7 Å². The first-order valence-corrected chi connectivity index (χ1v) is 11.0. The van der Waals surface area contributed by atoms with Gasteiger partial charge < -0.3 is 20.3 Å². The number of ether oxygens (including phenoxy) is 1. The minimum Gasteiger partial charge on any atom is -0.497 e. The molecule has 2 aliphatic rings. The minimum atomic E-state index is -0.0394. The number of nitrogens with one attached hydrogen (secondary N) is 2. The smallest absolute Gasteiger partial charge is 0.238 e. The van der Waals surface area contributed by atoms with Crippen molar-refractivity contribution >= 4 is 23.3 Å². The van der Waals surface area contributed by atoms with Crippen molar-refractivity contribution in [2.45, 2.75) is 32.2 Å². The van der Waals surface area contributed by atoms with E-state index in [1.807, 2.05) is 36.2 Å². The maximum absolute atomic E-state index is 12.5. The number of methoxy groups -OCH3 is 1. The Morgan fingerprint density at radius 1 is 1.19 bits per heavy atom. The first-order chi connectivity index (χ1) is 15.5. The monoisotopic (exact) mass is 438 g/mol. The largest absolute Gasteiger partial charge is 0.497 e. The third kappa shape index (κ3) is 4.83. The van der Waals surface area contributed by atoms with Gasteiger partial charge >= 0.3 is 0 Å². The lowest BCUT2D eigenvalue weighted by Crippen LogP contribution is -2.35. The summed E-state index contributed by atoms with van der Waals surface area (Å²) >= 11 is 0. The molecular weight excluding hydrogens is 408 g/mol. The molecule has 4 rings (SSSR count). The van der Waals surface area contributed by atoms with Crippen molar-refractivity contribution in [3.8, 4) is 5.75 Å². The Morgan fingerprint density at radius 2 is 1.97 bits per heavy atom. The average Bonchev–Trinajstić information content (AvgIpc) is 3.26. The summed E-state index contributed by atoms with van der Waals surface area (Å²) in [6.45, 7) is 4.73. The molecule has 0 saturated carbocycles. The van der Waals surface area contributed by atoms with Gasteiger partial charge in [0, 0.05) is 50.7 Å². The van der Waals surface area contributed by atoms with Crippen LogP contribution >= 0.6 is 0 Å². The van der Waals surface area contributed by atoms with Crippen LogP contribution in [0.2, 0.25) is 0 Å². The van der Waals surface area contributed by atoms with Crippen LogP contribution in [0.15, 0.2) is 24.3 Å². The van der Waals surface area contributed by atoms with Gasteiger partial charge in [0.15, 0.2) is 0 Å². The molecule has 9 heteroatoms. The van der Waals surface area contributed by atoms with E-state index in [1.54, 1.807) is 14.0 Å². The fourth-order valence-electron chi connectivity index (χ4n) is 4.36. The highest BCUT2D eigenvalue weighted by atomic mass is 16.5. The molecule has 2 amide bonds. The molecule has 2 aromatic rings. The Labute approximate surface area is 188 Å². The van der Waals surface area contributed by atoms with Crippen molar-refractivity contribution in [2.24, 2.45) is 0 Å². The SMILES string of the molecule is CNc1nc(C2CCN(CC(=O)Nc3ccc(OC)cc3)C2)nc2c1CN(C(C)=O)CC2. The van der Waals surface area contributed by atoms with Gasteiger partial charge in [0.1, 0.15) is 17.4 Å². The zero-order valence-corrected chi connectivity index (χ0v) is 18.9. The van der Waals surface area contributed by atoms with E-state index in [0.717, 1.165) is 60.3 Å². The molecular formula is C23H30N6O3. The number of hydrogen-bond donors (Lipinski definition) is 2. The highest BCUT2D eigenvalue weighted by Gasteiger charge is 2.30. The van der Waals surface area contributed by atoms with Crippen LogP contribution in [0.25, 0.3) is 0 Å². The van der Waals surface area contributed by atoms with Crippen LogP contribution in [0.5, 0.6) is 5.75 Å². The van der Waals surface area contributed by atoms with Crippen molar-refractivity contribution in [1.29, 1.82) is 0 Å². The summed E-state index contributed by atoms with van der Waals surface area (Å²) in [4.78, 5) is 37.9. The van der Waals surface area contributed by atoms with Crippen LogP contribution in [0.1, 0.15) is 36.3 Å². The molecule has 1 fully saturated rings. The van der Waals surface area contributed by atoms with Crippen molar-refractivity contribution in [3.05, 3.63) is 41.3 Å². The lowest BCUT2D eigenvalue weighted by molar-refractivity contribution is -0.129. The maximum Gasteiger partial charge on any atom is 0.238 e. The summed E-state index contributed by atoms with van der Waals surface area (Å²) in [5.74, 6) is 2.59. The third-order valence-electron chi connectivity index (χ3n) is 6.14. The molecule has 1 aromatic heterocycles. The molecule has 3 heterocycles. The van der Waals surface area contributed by atoms with E-state index in [2.05, 4.69) is 15.5 Å². The first-order valence-electron chi connectivity index (χ1n) is 11.0. The number of nitrogens with zero attached hydrogens (tertiary/aromatic N) is 4. The maximum atomic E-state index is 12.5. The van der Waals surface area contributed by atoms with Gasteiger partial charge in [-0.1, -0.05) is 0 Å². The number of anilines is 2. The van der Waals surface area contributed by atoms with E-state index in [0.29, 0.717) is 19.6 Å². The highest BCUT2D eigenvalue weighted by molar-refractivity contribution is 5.92. The summed E-state index contributed by atoms with van der Waals surface area (Å²) in [5, 5.41) is 6.12. The Hall–Kier alpha value is -3.20. The summed E-state index contributed by atoms with van der Waals surface area (Å²) < 4.78 is 5.15. The highest BCUT2D eigenvalue weighted by Crippen LogP contribution is 2.30. The number of aromatic nitrogens is 2. The van der Waals surface area contributed by atoms with Gasteiger partial charge in [0.05, 0.1) is 25.9 Å². The first kappa shape index (κ1) is 22.0. The molecule has 1 unspecified atom stereocenters. The zero-order chi connectivity index (χ0) is 22.7. The topological polar surface area (TPSA) is 99.7 Å². The molecule has 0 spiro atoms. The predicted molar refractivity (Wildman–Crippen MR) is 122 cm³/mol. The Kier molecular flexibility index (Phi) is 6.55. The second-order valence-corrected chi connectivity index (χ2v) is 8.29. The quantitative estimate of drug-likeness (QED) is 0.710. The van der Waals surface area contributed by atoms with Crippen LogP contribution in [-0.4, -0.2) is 71.9 Å². The number of likely N-dealkylation sites (tertiary alicyclic amines) is 1. The molecule has 9 nitrogen and oxygen atoms in total. The molecule has 1 saturated heterocycles. The van der Waals surface area contributed by atoms with E-state index >= 15 is 0 Å². The average molecular weight is 439 g/mol. The summed E-state index contributed by atoms with van der Waals surface area (Å²) in [6.07, 6.45) is 1.65. The fraction of sp³-hybridized carbons (Fsp3) is 0.478. The molecule has 2 aliphatic heterocycles. The van der Waals surface area contributed by atoms with Gasteiger partial charge in [-0.05, 0) is 37.2 Å². The van der Waals surface area contributed by atoms with Gasteiger partial charge in [-0.15, -0.1) is 0 Å². The van der Waals surface area contributed by atoms with Gasteiger partial charge in [-0.25, -0.2) is 9.97 Å². The van der Waals surface area contributed by atoms with E-state index in [9.17, 15) is 9.59 Å². The van der Waals surface area contributed by atoms with Crippen LogP contribution in [0, 0.1) is 0 Å². The Balaban J connectivity index is 1.38. The van der Waals surface area contributed by atoms with Crippen LogP contribution in [0.3, 0.4) is 0 Å². The molecule has 1 atom stereocenters. The minimum absolute atomic E-state index is 0.0394. The predicted octanol–water partition coefficient (Wildman–Crippen LogP) is 1.86. The van der Waals surface area contributed by atoms with E-state index in [4.69, 9.17) is 14.7 Å². The molecule has 1 aromatic carbocycles. The van der Waals surface area contributed by atoms with Crippen LogP contribution < -0.4 is 15.4 Å². The summed E-state index contributed by atoms with van der Waals surface area (Å²) in [6, 6.07) is 7.31. The number of amides is 2. The normalized spacial score (nSPS) is 18.2. The number of rotatable bonds is 6. The van der Waals surface area contributed by atoms with Crippen molar-refractivity contribution in [3.63, 3.8) is 0 Å². The van der Waals surface area contributed by atoms with Crippen LogP contribution in [0.4, 0.5) is 11.5 Å². The summed E-state index contributed by atoms with van der Waals surface area (Å²) in [5.41, 5.74) is 2.78.